The molecule has 1 aliphatic heterocycles. The average molecular weight is 525 g/mol. The van der Waals surface area contributed by atoms with Crippen LogP contribution in [0.25, 0.3) is 6.08 Å². The second-order valence-corrected chi connectivity index (χ2v) is 9.47. The van der Waals surface area contributed by atoms with Gasteiger partial charge in [0.1, 0.15) is 11.3 Å². The first-order valence-corrected chi connectivity index (χ1v) is 12.7. The summed E-state index contributed by atoms with van der Waals surface area (Å²) in [5, 5.41) is 2.92. The van der Waals surface area contributed by atoms with E-state index >= 15 is 0 Å². The number of methoxy groups -OCH3 is 1. The number of anilines is 1. The normalized spacial score (nSPS) is 14.9. The largest absolute Gasteiger partial charge is 0.484 e. The molecule has 7 nitrogen and oxygen atoms in total. The van der Waals surface area contributed by atoms with Crippen molar-refractivity contribution in [1.82, 2.24) is 5.32 Å². The minimum absolute atomic E-state index is 0.0117. The summed E-state index contributed by atoms with van der Waals surface area (Å²) in [6.07, 6.45) is 1.73. The molecule has 0 aliphatic carbocycles. The Morgan fingerprint density at radius 2 is 1.64 bits per heavy atom. The highest BCUT2D eigenvalue weighted by molar-refractivity contribution is 6.30. The van der Waals surface area contributed by atoms with Crippen LogP contribution in [0.5, 0.6) is 5.75 Å². The lowest BCUT2D eigenvalue weighted by molar-refractivity contribution is -0.137. The number of hydrogen-bond donors (Lipinski definition) is 1. The first-order chi connectivity index (χ1) is 18.7. The van der Waals surface area contributed by atoms with E-state index in [4.69, 9.17) is 9.47 Å². The summed E-state index contributed by atoms with van der Waals surface area (Å²) in [7, 11) is 1.26. The van der Waals surface area contributed by atoms with Crippen LogP contribution in [0.2, 0.25) is 0 Å². The Kier molecular flexibility index (Phi) is 8.30. The summed E-state index contributed by atoms with van der Waals surface area (Å²) in [4.78, 5) is 39.9. The number of amides is 1. The molecule has 3 aromatic rings. The van der Waals surface area contributed by atoms with E-state index in [1.54, 1.807) is 42.2 Å². The lowest BCUT2D eigenvalue weighted by Gasteiger charge is -2.22. The van der Waals surface area contributed by atoms with Crippen LogP contribution in [0.4, 0.5) is 5.69 Å². The first kappa shape index (κ1) is 27.4. The quantitative estimate of drug-likeness (QED) is 0.240. The van der Waals surface area contributed by atoms with E-state index in [2.05, 4.69) is 5.32 Å². The summed E-state index contributed by atoms with van der Waals surface area (Å²) < 4.78 is 10.6. The van der Waals surface area contributed by atoms with Crippen LogP contribution in [0.3, 0.4) is 0 Å². The molecule has 0 saturated carbocycles. The van der Waals surface area contributed by atoms with Crippen molar-refractivity contribution in [3.8, 4) is 5.75 Å². The van der Waals surface area contributed by atoms with Gasteiger partial charge in [0.25, 0.3) is 5.91 Å². The number of aryl methyl sites for hydroxylation is 2. The molecule has 1 N–H and O–H groups in total. The zero-order valence-electron chi connectivity index (χ0n) is 22.8. The van der Waals surface area contributed by atoms with E-state index in [0.29, 0.717) is 17.1 Å². The lowest BCUT2D eigenvalue weighted by atomic mass is 10.1. The second-order valence-electron chi connectivity index (χ2n) is 9.47. The number of allylic oxidation sites excluding steroid dienone is 2. The highest BCUT2D eigenvalue weighted by atomic mass is 16.5. The van der Waals surface area contributed by atoms with Crippen molar-refractivity contribution in [2.45, 2.75) is 33.7 Å². The Balaban J connectivity index is 1.51. The highest BCUT2D eigenvalue weighted by Crippen LogP contribution is 2.36. The molecule has 200 valence electrons. The number of carbonyl (C=O) groups excluding carboxylic acids is 3. The SMILES string of the molecule is COC(=O)C1=C(C)N(c2ccc(C)c(C)c2)/C(=C\c2ccc(OCC(=O)N[C@@H](C)c3ccccc3)cc2)C1=O. The molecule has 0 bridgehead atoms. The molecule has 1 heterocycles. The van der Waals surface area contributed by atoms with E-state index in [1.165, 1.54) is 7.11 Å². The number of nitrogens with zero attached hydrogens (tertiary/aromatic N) is 1. The molecule has 1 atom stereocenters. The number of carbonyl (C=O) groups is 3. The lowest BCUT2D eigenvalue weighted by Crippen LogP contribution is -2.31. The van der Waals surface area contributed by atoms with Gasteiger partial charge in [0.2, 0.25) is 5.78 Å². The van der Waals surface area contributed by atoms with Gasteiger partial charge in [-0.05, 0) is 80.3 Å². The number of rotatable bonds is 8. The van der Waals surface area contributed by atoms with Crippen molar-refractivity contribution < 1.29 is 23.9 Å². The van der Waals surface area contributed by atoms with Crippen LogP contribution in [0.1, 0.15) is 42.1 Å². The highest BCUT2D eigenvalue weighted by Gasteiger charge is 2.38. The Morgan fingerprint density at radius 1 is 0.949 bits per heavy atom. The zero-order valence-corrected chi connectivity index (χ0v) is 22.8. The molecule has 0 fully saturated rings. The summed E-state index contributed by atoms with van der Waals surface area (Å²) in [6.45, 7) is 7.55. The molecule has 7 heteroatoms. The number of ether oxygens (including phenoxy) is 2. The number of hydrogen-bond acceptors (Lipinski definition) is 6. The van der Waals surface area contributed by atoms with Gasteiger partial charge < -0.3 is 19.7 Å². The topological polar surface area (TPSA) is 84.9 Å². The van der Waals surface area contributed by atoms with Gasteiger partial charge in [-0.25, -0.2) is 4.79 Å². The molecule has 39 heavy (non-hydrogen) atoms. The third kappa shape index (κ3) is 6.09. The minimum Gasteiger partial charge on any atom is -0.484 e. The van der Waals surface area contributed by atoms with Crippen LogP contribution in [-0.4, -0.2) is 31.4 Å². The average Bonchev–Trinajstić information content (AvgIpc) is 3.18. The van der Waals surface area contributed by atoms with Gasteiger partial charge >= 0.3 is 5.97 Å². The van der Waals surface area contributed by atoms with Crippen LogP contribution < -0.4 is 15.0 Å². The van der Waals surface area contributed by atoms with Gasteiger partial charge in [-0.2, -0.15) is 0 Å². The molecule has 0 spiro atoms. The predicted molar refractivity (Wildman–Crippen MR) is 151 cm³/mol. The molecule has 1 amide bonds. The van der Waals surface area contributed by atoms with E-state index in [0.717, 1.165) is 27.9 Å². The maximum absolute atomic E-state index is 13.4. The van der Waals surface area contributed by atoms with Crippen LogP contribution in [0.15, 0.2) is 89.8 Å². The number of nitrogens with one attached hydrogen (secondary N) is 1. The molecule has 3 aromatic carbocycles. The third-order valence-corrected chi connectivity index (χ3v) is 6.77. The molecular weight excluding hydrogens is 492 g/mol. The Hall–Kier alpha value is -4.65. The first-order valence-electron chi connectivity index (χ1n) is 12.7. The van der Waals surface area contributed by atoms with Crippen molar-refractivity contribution >= 4 is 29.4 Å². The van der Waals surface area contributed by atoms with Gasteiger partial charge in [-0.15, -0.1) is 0 Å². The zero-order chi connectivity index (χ0) is 28.1. The monoisotopic (exact) mass is 524 g/mol. The fourth-order valence-corrected chi connectivity index (χ4v) is 4.43. The Bertz CT molecular complexity index is 1460. The van der Waals surface area contributed by atoms with E-state index in [9.17, 15) is 14.4 Å². The molecule has 4 rings (SSSR count). The fourth-order valence-electron chi connectivity index (χ4n) is 4.43. The van der Waals surface area contributed by atoms with Gasteiger partial charge in [0.15, 0.2) is 6.61 Å². The maximum atomic E-state index is 13.4. The molecular formula is C32H32N2O5. The third-order valence-electron chi connectivity index (χ3n) is 6.77. The number of esters is 1. The molecule has 1 aliphatic rings. The number of ketones is 1. The van der Waals surface area contributed by atoms with E-state index in [1.807, 2.05) is 69.3 Å². The molecule has 0 aromatic heterocycles. The van der Waals surface area contributed by atoms with Gasteiger partial charge in [-0.3, -0.25) is 9.59 Å². The smallest absolute Gasteiger partial charge is 0.343 e. The van der Waals surface area contributed by atoms with Crippen molar-refractivity contribution in [2.75, 3.05) is 18.6 Å². The van der Waals surface area contributed by atoms with Gasteiger partial charge in [-0.1, -0.05) is 48.5 Å². The van der Waals surface area contributed by atoms with E-state index < -0.39 is 11.8 Å². The Labute approximate surface area is 228 Å². The van der Waals surface area contributed by atoms with Crippen molar-refractivity contribution in [2.24, 2.45) is 0 Å². The summed E-state index contributed by atoms with van der Waals surface area (Å²) in [6, 6.07) is 22.5. The molecule has 0 unspecified atom stereocenters. The van der Waals surface area contributed by atoms with E-state index in [-0.39, 0.29) is 24.1 Å². The summed E-state index contributed by atoms with van der Waals surface area (Å²) >= 11 is 0. The van der Waals surface area contributed by atoms with Crippen LogP contribution in [0, 0.1) is 13.8 Å². The standard InChI is InChI=1S/C32H32N2O5/c1-20-11-14-26(17-21(20)2)34-23(4)30(32(37)38-5)31(36)28(34)18-24-12-15-27(16-13-24)39-19-29(35)33-22(3)25-9-7-6-8-10-25/h6-18,22H,19H2,1-5H3,(H,33,35)/b28-18-/t22-/m0/s1. The van der Waals surface area contributed by atoms with Crippen LogP contribution >= 0.6 is 0 Å². The Morgan fingerprint density at radius 3 is 2.28 bits per heavy atom. The van der Waals surface area contributed by atoms with Gasteiger partial charge in [0.05, 0.1) is 18.8 Å². The van der Waals surface area contributed by atoms with Gasteiger partial charge in [0, 0.05) is 11.4 Å². The van der Waals surface area contributed by atoms with Crippen molar-refractivity contribution in [3.63, 3.8) is 0 Å². The molecule has 0 saturated heterocycles. The molecule has 0 radical (unpaired) electrons. The predicted octanol–water partition coefficient (Wildman–Crippen LogP) is 5.44. The minimum atomic E-state index is -0.668. The summed E-state index contributed by atoms with van der Waals surface area (Å²) in [5.41, 5.74) is 5.60. The number of Topliss-reactive ketones (excluding diaryl/α,β-unsaturated/α-hetero) is 1. The van der Waals surface area contributed by atoms with Crippen molar-refractivity contribution in [1.29, 1.82) is 0 Å². The maximum Gasteiger partial charge on any atom is 0.343 e. The number of benzene rings is 3. The van der Waals surface area contributed by atoms with Crippen LogP contribution in [-0.2, 0) is 19.1 Å². The van der Waals surface area contributed by atoms with Crippen molar-refractivity contribution in [3.05, 3.63) is 112 Å². The fraction of sp³-hybridized carbons (Fsp3) is 0.219. The second kappa shape index (κ2) is 11.8. The summed E-state index contributed by atoms with van der Waals surface area (Å²) in [5.74, 6) is -0.775.